The van der Waals surface area contributed by atoms with E-state index in [0.717, 1.165) is 19.0 Å². The zero-order valence-electron chi connectivity index (χ0n) is 10.1. The first-order chi connectivity index (χ1) is 7.61. The van der Waals surface area contributed by atoms with E-state index in [4.69, 9.17) is 9.47 Å². The van der Waals surface area contributed by atoms with Crippen LogP contribution in [0.2, 0.25) is 0 Å². The molecule has 16 heavy (non-hydrogen) atoms. The van der Waals surface area contributed by atoms with Gasteiger partial charge in [-0.2, -0.15) is 0 Å². The first-order valence-corrected chi connectivity index (χ1v) is 5.60. The number of nitrogens with one attached hydrogen (secondary N) is 1. The van der Waals surface area contributed by atoms with Crippen LogP contribution in [0.25, 0.3) is 0 Å². The van der Waals surface area contributed by atoms with Gasteiger partial charge < -0.3 is 14.8 Å². The highest BCUT2D eigenvalue weighted by molar-refractivity contribution is 5.31. The Kier molecular flexibility index (Phi) is 3.17. The minimum absolute atomic E-state index is 0.0337. The molecule has 1 aliphatic heterocycles. The average Bonchev–Trinajstić information content (AvgIpc) is 2.28. The van der Waals surface area contributed by atoms with Gasteiger partial charge in [-0.1, -0.05) is 12.1 Å². The van der Waals surface area contributed by atoms with Crippen LogP contribution in [0, 0.1) is 0 Å². The Hall–Kier alpha value is -1.06. The summed E-state index contributed by atoms with van der Waals surface area (Å²) < 4.78 is 10.9. The standard InChI is InChI=1S/C13H19NO2/c1-13(2)9-16-8-12(14-13)10-5-4-6-11(7-10)15-3/h4-7,12,14H,8-9H2,1-3H3. The highest BCUT2D eigenvalue weighted by Gasteiger charge is 2.28. The fraction of sp³-hybridized carbons (Fsp3) is 0.538. The van der Waals surface area contributed by atoms with Gasteiger partial charge in [0.15, 0.2) is 0 Å². The van der Waals surface area contributed by atoms with Gasteiger partial charge in [0.05, 0.1) is 26.4 Å². The zero-order valence-corrected chi connectivity index (χ0v) is 10.1. The molecule has 3 heteroatoms. The van der Waals surface area contributed by atoms with Gasteiger partial charge in [0.25, 0.3) is 0 Å². The van der Waals surface area contributed by atoms with Crippen molar-refractivity contribution in [2.75, 3.05) is 20.3 Å². The molecular weight excluding hydrogens is 202 g/mol. The number of hydrogen-bond donors (Lipinski definition) is 1. The maximum Gasteiger partial charge on any atom is 0.119 e. The lowest BCUT2D eigenvalue weighted by Gasteiger charge is -2.37. The fourth-order valence-electron chi connectivity index (χ4n) is 2.02. The van der Waals surface area contributed by atoms with Gasteiger partial charge in [-0.05, 0) is 31.5 Å². The van der Waals surface area contributed by atoms with E-state index in [-0.39, 0.29) is 11.6 Å². The topological polar surface area (TPSA) is 30.5 Å². The van der Waals surface area contributed by atoms with Crippen molar-refractivity contribution in [2.45, 2.75) is 25.4 Å². The molecule has 2 rings (SSSR count). The van der Waals surface area contributed by atoms with E-state index < -0.39 is 0 Å². The van der Waals surface area contributed by atoms with E-state index in [0.29, 0.717) is 0 Å². The first-order valence-electron chi connectivity index (χ1n) is 5.60. The van der Waals surface area contributed by atoms with Crippen LogP contribution in [0.5, 0.6) is 5.75 Å². The Balaban J connectivity index is 2.16. The molecule has 1 aliphatic rings. The summed E-state index contributed by atoms with van der Waals surface area (Å²) in [5.41, 5.74) is 1.25. The van der Waals surface area contributed by atoms with E-state index in [1.807, 2.05) is 12.1 Å². The molecule has 1 aromatic carbocycles. The number of benzene rings is 1. The molecule has 0 amide bonds. The summed E-state index contributed by atoms with van der Waals surface area (Å²) in [5.74, 6) is 0.891. The summed E-state index contributed by atoms with van der Waals surface area (Å²) in [6.07, 6.45) is 0. The van der Waals surface area contributed by atoms with Crippen LogP contribution in [0.3, 0.4) is 0 Å². The van der Waals surface area contributed by atoms with E-state index >= 15 is 0 Å². The molecule has 88 valence electrons. The van der Waals surface area contributed by atoms with Crippen LogP contribution < -0.4 is 10.1 Å². The van der Waals surface area contributed by atoms with Gasteiger partial charge in [0, 0.05) is 5.54 Å². The Morgan fingerprint density at radius 3 is 2.94 bits per heavy atom. The predicted octanol–water partition coefficient (Wildman–Crippen LogP) is 2.13. The highest BCUT2D eigenvalue weighted by atomic mass is 16.5. The molecule has 0 aromatic heterocycles. The number of ether oxygens (including phenoxy) is 2. The zero-order chi connectivity index (χ0) is 11.6. The summed E-state index contributed by atoms with van der Waals surface area (Å²) >= 11 is 0. The van der Waals surface area contributed by atoms with E-state index in [2.05, 4.69) is 31.3 Å². The van der Waals surface area contributed by atoms with Gasteiger partial charge in [-0.15, -0.1) is 0 Å². The smallest absolute Gasteiger partial charge is 0.119 e. The lowest BCUT2D eigenvalue weighted by atomic mass is 9.99. The molecule has 1 saturated heterocycles. The fourth-order valence-corrected chi connectivity index (χ4v) is 2.02. The largest absolute Gasteiger partial charge is 0.497 e. The molecule has 1 atom stereocenters. The monoisotopic (exact) mass is 221 g/mol. The van der Waals surface area contributed by atoms with Crippen molar-refractivity contribution < 1.29 is 9.47 Å². The molecule has 1 heterocycles. The van der Waals surface area contributed by atoms with Crippen LogP contribution in [-0.4, -0.2) is 25.9 Å². The Morgan fingerprint density at radius 2 is 2.25 bits per heavy atom. The molecule has 1 fully saturated rings. The van der Waals surface area contributed by atoms with Crippen molar-refractivity contribution in [1.29, 1.82) is 0 Å². The molecule has 1 aromatic rings. The van der Waals surface area contributed by atoms with Gasteiger partial charge in [0.2, 0.25) is 0 Å². The molecule has 0 aliphatic carbocycles. The summed E-state index contributed by atoms with van der Waals surface area (Å²) in [6.45, 7) is 5.78. The lowest BCUT2D eigenvalue weighted by molar-refractivity contribution is 0.0127. The Bertz CT molecular complexity index is 363. The van der Waals surface area contributed by atoms with Gasteiger partial charge in [-0.3, -0.25) is 0 Å². The van der Waals surface area contributed by atoms with E-state index in [9.17, 15) is 0 Å². The number of methoxy groups -OCH3 is 1. The Labute approximate surface area is 96.8 Å². The van der Waals surface area contributed by atoms with Crippen LogP contribution in [0.15, 0.2) is 24.3 Å². The quantitative estimate of drug-likeness (QED) is 0.830. The molecule has 0 saturated carbocycles. The van der Waals surface area contributed by atoms with Gasteiger partial charge in [-0.25, -0.2) is 0 Å². The lowest BCUT2D eigenvalue weighted by Crippen LogP contribution is -2.51. The van der Waals surface area contributed by atoms with Crippen molar-refractivity contribution >= 4 is 0 Å². The minimum Gasteiger partial charge on any atom is -0.497 e. The third-order valence-electron chi connectivity index (χ3n) is 2.81. The third kappa shape index (κ3) is 2.54. The van der Waals surface area contributed by atoms with Crippen LogP contribution in [0.4, 0.5) is 0 Å². The van der Waals surface area contributed by atoms with Crippen molar-refractivity contribution in [3.8, 4) is 5.75 Å². The van der Waals surface area contributed by atoms with Crippen molar-refractivity contribution in [2.24, 2.45) is 0 Å². The minimum atomic E-state index is 0.0337. The second-order valence-corrected chi connectivity index (χ2v) is 4.87. The Morgan fingerprint density at radius 1 is 1.44 bits per heavy atom. The van der Waals surface area contributed by atoms with E-state index in [1.54, 1.807) is 7.11 Å². The summed E-state index contributed by atoms with van der Waals surface area (Å²) in [7, 11) is 1.69. The number of morpholine rings is 1. The van der Waals surface area contributed by atoms with Crippen LogP contribution in [0.1, 0.15) is 25.5 Å². The summed E-state index contributed by atoms with van der Waals surface area (Å²) in [6, 6.07) is 8.38. The maximum atomic E-state index is 5.62. The first kappa shape index (κ1) is 11.4. The summed E-state index contributed by atoms with van der Waals surface area (Å²) in [5, 5.41) is 3.58. The second-order valence-electron chi connectivity index (χ2n) is 4.87. The molecular formula is C13H19NO2. The van der Waals surface area contributed by atoms with Gasteiger partial charge >= 0.3 is 0 Å². The van der Waals surface area contributed by atoms with Crippen molar-refractivity contribution in [3.63, 3.8) is 0 Å². The SMILES string of the molecule is COc1cccc(C2COCC(C)(C)N2)c1. The number of hydrogen-bond acceptors (Lipinski definition) is 3. The van der Waals surface area contributed by atoms with Gasteiger partial charge in [0.1, 0.15) is 5.75 Å². The predicted molar refractivity (Wildman–Crippen MR) is 63.8 cm³/mol. The van der Waals surface area contributed by atoms with Crippen LogP contribution in [-0.2, 0) is 4.74 Å². The third-order valence-corrected chi connectivity index (χ3v) is 2.81. The number of rotatable bonds is 2. The molecule has 1 N–H and O–H groups in total. The molecule has 0 spiro atoms. The maximum absolute atomic E-state index is 5.62. The average molecular weight is 221 g/mol. The molecule has 1 unspecified atom stereocenters. The van der Waals surface area contributed by atoms with Crippen molar-refractivity contribution in [1.82, 2.24) is 5.32 Å². The normalized spacial score (nSPS) is 24.1. The molecule has 0 bridgehead atoms. The second kappa shape index (κ2) is 4.44. The van der Waals surface area contributed by atoms with Crippen molar-refractivity contribution in [3.05, 3.63) is 29.8 Å². The summed E-state index contributed by atoms with van der Waals surface area (Å²) in [4.78, 5) is 0. The van der Waals surface area contributed by atoms with Crippen LogP contribution >= 0.6 is 0 Å². The molecule has 3 nitrogen and oxygen atoms in total. The molecule has 0 radical (unpaired) electrons. The van der Waals surface area contributed by atoms with E-state index in [1.165, 1.54) is 5.56 Å². The highest BCUT2D eigenvalue weighted by Crippen LogP contribution is 2.24.